The van der Waals surface area contributed by atoms with Gasteiger partial charge in [-0.1, -0.05) is 36.4 Å². The van der Waals surface area contributed by atoms with Gasteiger partial charge in [-0.25, -0.2) is 0 Å². The highest BCUT2D eigenvalue weighted by atomic mass is 16.3. The standard InChI is InChI=1S/C28H23N5O2/c34-23-13-11-20-12-14-27(35)28(24(20)17-23)32-31-25-9-1-2-10-26(25)33(18-21-7-3-5-15-29-21)19-22-8-4-6-16-30-22/h1-17,34-35H,18-19H2. The summed E-state index contributed by atoms with van der Waals surface area (Å²) in [5, 5.41) is 30.8. The Bertz CT molecular complexity index is 1430. The fourth-order valence-electron chi connectivity index (χ4n) is 3.91. The molecule has 0 spiro atoms. The van der Waals surface area contributed by atoms with Crippen molar-refractivity contribution in [3.8, 4) is 11.5 Å². The normalized spacial score (nSPS) is 11.2. The number of aromatic nitrogens is 2. The van der Waals surface area contributed by atoms with Crippen molar-refractivity contribution in [1.82, 2.24) is 9.97 Å². The summed E-state index contributed by atoms with van der Waals surface area (Å²) in [6.07, 6.45) is 3.55. The van der Waals surface area contributed by atoms with Gasteiger partial charge in [0.2, 0.25) is 0 Å². The largest absolute Gasteiger partial charge is 0.508 e. The van der Waals surface area contributed by atoms with E-state index in [4.69, 9.17) is 0 Å². The number of aromatic hydroxyl groups is 2. The van der Waals surface area contributed by atoms with Crippen molar-refractivity contribution in [3.63, 3.8) is 0 Å². The number of fused-ring (bicyclic) bond motifs is 1. The highest BCUT2D eigenvalue weighted by molar-refractivity contribution is 5.96. The van der Waals surface area contributed by atoms with Crippen LogP contribution in [0.15, 0.2) is 114 Å². The van der Waals surface area contributed by atoms with Gasteiger partial charge < -0.3 is 15.1 Å². The molecule has 0 saturated carbocycles. The number of benzene rings is 3. The minimum atomic E-state index is -0.0110. The number of phenolic OH excluding ortho intramolecular Hbond substituents is 2. The molecule has 0 bridgehead atoms. The van der Waals surface area contributed by atoms with E-state index in [2.05, 4.69) is 25.1 Å². The van der Waals surface area contributed by atoms with E-state index in [0.29, 0.717) is 29.9 Å². The minimum absolute atomic E-state index is 0.0110. The van der Waals surface area contributed by atoms with Crippen LogP contribution in [0.5, 0.6) is 11.5 Å². The third kappa shape index (κ3) is 5.09. The van der Waals surface area contributed by atoms with Gasteiger partial charge in [-0.3, -0.25) is 9.97 Å². The Kier molecular flexibility index (Phi) is 6.30. The Morgan fingerprint density at radius 1 is 0.686 bits per heavy atom. The highest BCUT2D eigenvalue weighted by Gasteiger charge is 2.15. The molecule has 7 heteroatoms. The molecule has 0 aliphatic rings. The van der Waals surface area contributed by atoms with E-state index in [1.807, 2.05) is 60.7 Å². The van der Waals surface area contributed by atoms with Gasteiger partial charge in [0, 0.05) is 17.8 Å². The van der Waals surface area contributed by atoms with Crippen molar-refractivity contribution in [2.45, 2.75) is 13.1 Å². The number of anilines is 1. The summed E-state index contributed by atoms with van der Waals surface area (Å²) in [6.45, 7) is 1.11. The third-order valence-corrected chi connectivity index (χ3v) is 5.59. The molecular weight excluding hydrogens is 438 g/mol. The maximum atomic E-state index is 10.5. The summed E-state index contributed by atoms with van der Waals surface area (Å²) in [4.78, 5) is 11.1. The van der Waals surface area contributed by atoms with Crippen LogP contribution >= 0.6 is 0 Å². The summed E-state index contributed by atoms with van der Waals surface area (Å²) in [5.41, 5.74) is 3.62. The van der Waals surface area contributed by atoms with Crippen LogP contribution in [-0.2, 0) is 13.1 Å². The maximum Gasteiger partial charge on any atom is 0.143 e. The average Bonchev–Trinajstić information content (AvgIpc) is 2.89. The number of phenols is 2. The van der Waals surface area contributed by atoms with Gasteiger partial charge in [-0.15, -0.1) is 10.2 Å². The van der Waals surface area contributed by atoms with Gasteiger partial charge in [0.05, 0.1) is 30.2 Å². The number of hydrogen-bond donors (Lipinski definition) is 2. The second kappa shape index (κ2) is 10.0. The zero-order valence-electron chi connectivity index (χ0n) is 18.9. The molecule has 2 N–H and O–H groups in total. The molecule has 5 rings (SSSR count). The van der Waals surface area contributed by atoms with Crippen molar-refractivity contribution < 1.29 is 10.2 Å². The molecule has 3 aromatic carbocycles. The number of rotatable bonds is 7. The SMILES string of the molecule is Oc1ccc2ccc(O)c(N=Nc3ccccc3N(Cc3ccccn3)Cc3ccccn3)c2c1. The Morgan fingerprint density at radius 2 is 1.34 bits per heavy atom. The van der Waals surface area contributed by atoms with Crippen LogP contribution in [0.4, 0.5) is 17.1 Å². The molecular formula is C28H23N5O2. The van der Waals surface area contributed by atoms with Crippen molar-refractivity contribution in [2.24, 2.45) is 10.2 Å². The lowest BCUT2D eigenvalue weighted by molar-refractivity contribution is 0.475. The smallest absolute Gasteiger partial charge is 0.143 e. The van der Waals surface area contributed by atoms with Gasteiger partial charge in [0.25, 0.3) is 0 Å². The molecule has 35 heavy (non-hydrogen) atoms. The zero-order chi connectivity index (χ0) is 24.0. The lowest BCUT2D eigenvalue weighted by Gasteiger charge is -2.25. The first kappa shape index (κ1) is 22.0. The van der Waals surface area contributed by atoms with Gasteiger partial charge in [-0.05, 0) is 60.0 Å². The van der Waals surface area contributed by atoms with E-state index < -0.39 is 0 Å². The Balaban J connectivity index is 1.55. The molecule has 2 heterocycles. The minimum Gasteiger partial charge on any atom is -0.508 e. The molecule has 0 atom stereocenters. The monoisotopic (exact) mass is 461 g/mol. The predicted octanol–water partition coefficient (Wildman–Crippen LogP) is 6.66. The first-order valence-corrected chi connectivity index (χ1v) is 11.2. The van der Waals surface area contributed by atoms with Crippen LogP contribution in [0, 0.1) is 0 Å². The van der Waals surface area contributed by atoms with Crippen molar-refractivity contribution in [3.05, 3.63) is 115 Å². The van der Waals surface area contributed by atoms with E-state index in [-0.39, 0.29) is 11.5 Å². The van der Waals surface area contributed by atoms with Crippen molar-refractivity contribution >= 4 is 27.8 Å². The van der Waals surface area contributed by atoms with Crippen LogP contribution < -0.4 is 4.90 Å². The zero-order valence-corrected chi connectivity index (χ0v) is 18.9. The van der Waals surface area contributed by atoms with Crippen LogP contribution in [0.3, 0.4) is 0 Å². The predicted molar refractivity (Wildman–Crippen MR) is 136 cm³/mol. The quantitative estimate of drug-likeness (QED) is 0.264. The Morgan fingerprint density at radius 3 is 2.03 bits per heavy atom. The molecule has 0 unspecified atom stereocenters. The summed E-state index contributed by atoms with van der Waals surface area (Å²) >= 11 is 0. The van der Waals surface area contributed by atoms with Crippen LogP contribution in [0.1, 0.15) is 11.4 Å². The second-order valence-corrected chi connectivity index (χ2v) is 8.03. The molecule has 0 fully saturated rings. The molecule has 2 aromatic heterocycles. The van der Waals surface area contributed by atoms with E-state index in [0.717, 1.165) is 22.5 Å². The highest BCUT2D eigenvalue weighted by Crippen LogP contribution is 2.39. The van der Waals surface area contributed by atoms with Crippen LogP contribution in [-0.4, -0.2) is 20.2 Å². The van der Waals surface area contributed by atoms with Crippen molar-refractivity contribution in [1.29, 1.82) is 0 Å². The topological polar surface area (TPSA) is 94.2 Å². The average molecular weight is 462 g/mol. The first-order valence-electron chi connectivity index (χ1n) is 11.2. The maximum absolute atomic E-state index is 10.5. The molecule has 7 nitrogen and oxygen atoms in total. The summed E-state index contributed by atoms with van der Waals surface area (Å²) in [6, 6.07) is 27.7. The first-order chi connectivity index (χ1) is 17.2. The summed E-state index contributed by atoms with van der Waals surface area (Å²) in [7, 11) is 0. The van der Waals surface area contributed by atoms with Gasteiger partial charge in [0.1, 0.15) is 22.9 Å². The fraction of sp³-hybridized carbons (Fsp3) is 0.0714. The van der Waals surface area contributed by atoms with Crippen molar-refractivity contribution in [2.75, 3.05) is 4.90 Å². The van der Waals surface area contributed by atoms with Gasteiger partial charge in [0.15, 0.2) is 0 Å². The number of para-hydroxylation sites is 1. The van der Waals surface area contributed by atoms with Gasteiger partial charge in [-0.2, -0.15) is 0 Å². The van der Waals surface area contributed by atoms with E-state index in [1.54, 1.807) is 42.7 Å². The summed E-state index contributed by atoms with van der Waals surface area (Å²) in [5.74, 6) is 0.0833. The molecule has 0 saturated heterocycles. The van der Waals surface area contributed by atoms with Crippen LogP contribution in [0.2, 0.25) is 0 Å². The second-order valence-electron chi connectivity index (χ2n) is 8.03. The van der Waals surface area contributed by atoms with Gasteiger partial charge >= 0.3 is 0 Å². The molecule has 172 valence electrons. The Hall–Kier alpha value is -4.78. The number of nitrogens with zero attached hydrogens (tertiary/aromatic N) is 5. The van der Waals surface area contributed by atoms with E-state index in [9.17, 15) is 10.2 Å². The molecule has 0 aliphatic carbocycles. The fourth-order valence-corrected chi connectivity index (χ4v) is 3.91. The lowest BCUT2D eigenvalue weighted by atomic mass is 10.1. The molecule has 0 amide bonds. The van der Waals surface area contributed by atoms with E-state index in [1.165, 1.54) is 0 Å². The molecule has 0 aliphatic heterocycles. The third-order valence-electron chi connectivity index (χ3n) is 5.59. The molecule has 0 radical (unpaired) electrons. The number of pyridine rings is 2. The summed E-state index contributed by atoms with van der Waals surface area (Å²) < 4.78 is 0. The lowest BCUT2D eigenvalue weighted by Crippen LogP contribution is -2.23. The number of azo groups is 1. The Labute approximate surface area is 202 Å². The van der Waals surface area contributed by atoms with Crippen LogP contribution in [0.25, 0.3) is 10.8 Å². The number of hydrogen-bond acceptors (Lipinski definition) is 7. The molecule has 5 aromatic rings. The van der Waals surface area contributed by atoms with E-state index >= 15 is 0 Å².